The minimum atomic E-state index is 0.316. The third-order valence-electron chi connectivity index (χ3n) is 2.00. The van der Waals surface area contributed by atoms with Crippen LogP contribution in [-0.2, 0) is 0 Å². The van der Waals surface area contributed by atoms with Gasteiger partial charge in [0.2, 0.25) is 0 Å². The van der Waals surface area contributed by atoms with Gasteiger partial charge in [0, 0.05) is 19.0 Å². The van der Waals surface area contributed by atoms with Crippen molar-refractivity contribution in [1.82, 2.24) is 0 Å². The summed E-state index contributed by atoms with van der Waals surface area (Å²) in [7, 11) is 0. The van der Waals surface area contributed by atoms with Gasteiger partial charge in [0.1, 0.15) is 5.76 Å². The highest BCUT2D eigenvalue weighted by molar-refractivity contribution is 9.11. The summed E-state index contributed by atoms with van der Waals surface area (Å²) in [6, 6.07) is 7.25. The Bertz CT molecular complexity index is 523. The first kappa shape index (κ1) is 12.1. The molecule has 0 fully saturated rings. The second-order valence-corrected chi connectivity index (χ2v) is 5.69. The van der Waals surface area contributed by atoms with Crippen LogP contribution in [-0.4, -0.2) is 6.29 Å². The minimum absolute atomic E-state index is 0.316. The van der Waals surface area contributed by atoms with Gasteiger partial charge >= 0.3 is 0 Å². The molecule has 0 saturated carbocycles. The zero-order valence-electron chi connectivity index (χ0n) is 7.84. The van der Waals surface area contributed by atoms with Crippen LogP contribution in [0.25, 0.3) is 11.3 Å². The van der Waals surface area contributed by atoms with Gasteiger partial charge in [-0.1, -0.05) is 15.9 Å². The molecule has 0 amide bonds. The van der Waals surface area contributed by atoms with Crippen molar-refractivity contribution in [2.45, 2.75) is 0 Å². The number of carbonyl (C=O) groups excluding carboxylic acids is 1. The first-order chi connectivity index (χ1) is 7.61. The van der Waals surface area contributed by atoms with Crippen LogP contribution in [0.15, 0.2) is 42.1 Å². The summed E-state index contributed by atoms with van der Waals surface area (Å²) >= 11 is 10.3. The van der Waals surface area contributed by atoms with E-state index >= 15 is 0 Å². The zero-order valence-corrected chi connectivity index (χ0v) is 12.6. The number of halogens is 3. The van der Waals surface area contributed by atoms with E-state index in [1.165, 1.54) is 0 Å². The third-order valence-corrected chi connectivity index (χ3v) is 3.70. The zero-order chi connectivity index (χ0) is 11.7. The molecule has 2 nitrogen and oxygen atoms in total. The van der Waals surface area contributed by atoms with Gasteiger partial charge in [0.25, 0.3) is 0 Å². The molecule has 2 aromatic rings. The lowest BCUT2D eigenvalue weighted by Crippen LogP contribution is -1.80. The maximum atomic E-state index is 10.6. The third kappa shape index (κ3) is 2.31. The van der Waals surface area contributed by atoms with E-state index < -0.39 is 0 Å². The van der Waals surface area contributed by atoms with Crippen molar-refractivity contribution in [3.63, 3.8) is 0 Å². The van der Waals surface area contributed by atoms with Gasteiger partial charge < -0.3 is 4.42 Å². The van der Waals surface area contributed by atoms with Gasteiger partial charge in [0.15, 0.2) is 12.0 Å². The molecule has 0 atom stereocenters. The predicted octanol–water partition coefficient (Wildman–Crippen LogP) is 5.05. The van der Waals surface area contributed by atoms with Crippen molar-refractivity contribution in [2.75, 3.05) is 0 Å². The number of rotatable bonds is 2. The van der Waals surface area contributed by atoms with Crippen molar-refractivity contribution in [2.24, 2.45) is 0 Å². The van der Waals surface area contributed by atoms with Crippen molar-refractivity contribution in [3.05, 3.63) is 43.4 Å². The van der Waals surface area contributed by atoms with Crippen LogP contribution in [0.1, 0.15) is 10.6 Å². The van der Waals surface area contributed by atoms with Gasteiger partial charge in [-0.25, -0.2) is 0 Å². The molecule has 1 heterocycles. The number of hydrogen-bond acceptors (Lipinski definition) is 2. The number of furan rings is 1. The van der Waals surface area contributed by atoms with E-state index in [0.717, 1.165) is 19.0 Å². The standard InChI is InChI=1S/C11H5Br3O2/c12-6-3-8(13)11(9(14)4-6)10-2-1-7(5-15)16-10/h1-5H. The van der Waals surface area contributed by atoms with E-state index in [-0.39, 0.29) is 0 Å². The molecule has 0 bridgehead atoms. The molecule has 0 N–H and O–H groups in total. The molecule has 0 aliphatic heterocycles. The topological polar surface area (TPSA) is 30.2 Å². The highest BCUT2D eigenvalue weighted by Crippen LogP contribution is 2.38. The molecule has 2 rings (SSSR count). The number of benzene rings is 1. The Morgan fingerprint density at radius 1 is 1.06 bits per heavy atom. The Hall–Kier alpha value is -0.390. The van der Waals surface area contributed by atoms with E-state index in [4.69, 9.17) is 4.42 Å². The normalized spacial score (nSPS) is 10.4. The van der Waals surface area contributed by atoms with Crippen LogP contribution in [0.2, 0.25) is 0 Å². The molecule has 0 radical (unpaired) electrons. The second kappa shape index (κ2) is 4.85. The van der Waals surface area contributed by atoms with Gasteiger partial charge in [0.05, 0.1) is 0 Å². The lowest BCUT2D eigenvalue weighted by molar-refractivity contribution is 0.110. The summed E-state index contributed by atoms with van der Waals surface area (Å²) in [5.41, 5.74) is 0.885. The van der Waals surface area contributed by atoms with Gasteiger partial charge in [-0.2, -0.15) is 0 Å². The SMILES string of the molecule is O=Cc1ccc(-c2c(Br)cc(Br)cc2Br)o1. The van der Waals surface area contributed by atoms with Crippen molar-refractivity contribution in [1.29, 1.82) is 0 Å². The maximum Gasteiger partial charge on any atom is 0.185 e. The summed E-state index contributed by atoms with van der Waals surface area (Å²) in [4.78, 5) is 10.6. The number of carbonyl (C=O) groups is 1. The Morgan fingerprint density at radius 3 is 2.19 bits per heavy atom. The Labute approximate surface area is 117 Å². The smallest absolute Gasteiger partial charge is 0.185 e. The average molecular weight is 409 g/mol. The second-order valence-electron chi connectivity index (χ2n) is 3.06. The van der Waals surface area contributed by atoms with Crippen LogP contribution < -0.4 is 0 Å². The maximum absolute atomic E-state index is 10.6. The van der Waals surface area contributed by atoms with Crippen molar-refractivity contribution in [3.8, 4) is 11.3 Å². The van der Waals surface area contributed by atoms with Crippen LogP contribution >= 0.6 is 47.8 Å². The first-order valence-electron chi connectivity index (χ1n) is 4.31. The molecule has 82 valence electrons. The fraction of sp³-hybridized carbons (Fsp3) is 0. The van der Waals surface area contributed by atoms with Gasteiger partial charge in [-0.15, -0.1) is 0 Å². The molecule has 0 aliphatic carbocycles. The van der Waals surface area contributed by atoms with Crippen molar-refractivity contribution < 1.29 is 9.21 Å². The number of hydrogen-bond donors (Lipinski definition) is 0. The Kier molecular flexibility index (Phi) is 3.66. The lowest BCUT2D eigenvalue weighted by Gasteiger charge is -2.05. The molecular weight excluding hydrogens is 404 g/mol. The summed E-state index contributed by atoms with van der Waals surface area (Å²) < 4.78 is 8.11. The monoisotopic (exact) mass is 406 g/mol. The van der Waals surface area contributed by atoms with E-state index in [1.807, 2.05) is 12.1 Å². The molecular formula is C11H5Br3O2. The molecule has 0 saturated heterocycles. The van der Waals surface area contributed by atoms with Crippen LogP contribution in [0.3, 0.4) is 0 Å². The largest absolute Gasteiger partial charge is 0.453 e. The Morgan fingerprint density at radius 2 is 1.69 bits per heavy atom. The van der Waals surface area contributed by atoms with E-state index in [0.29, 0.717) is 17.8 Å². The molecule has 0 aliphatic rings. The lowest BCUT2D eigenvalue weighted by atomic mass is 10.2. The summed E-state index contributed by atoms with van der Waals surface area (Å²) in [6.07, 6.45) is 0.685. The molecule has 0 unspecified atom stereocenters. The molecule has 0 spiro atoms. The highest BCUT2D eigenvalue weighted by Gasteiger charge is 2.12. The molecule has 5 heteroatoms. The van der Waals surface area contributed by atoms with Crippen molar-refractivity contribution >= 4 is 54.1 Å². The van der Waals surface area contributed by atoms with Gasteiger partial charge in [-0.3, -0.25) is 4.79 Å². The average Bonchev–Trinajstić information content (AvgIpc) is 2.64. The Balaban J connectivity index is 2.59. The number of aldehydes is 1. The fourth-order valence-electron chi connectivity index (χ4n) is 1.33. The van der Waals surface area contributed by atoms with E-state index in [1.54, 1.807) is 12.1 Å². The fourth-order valence-corrected chi connectivity index (χ4v) is 3.98. The predicted molar refractivity (Wildman–Crippen MR) is 72.6 cm³/mol. The van der Waals surface area contributed by atoms with Crippen LogP contribution in [0.4, 0.5) is 0 Å². The molecule has 1 aromatic heterocycles. The van der Waals surface area contributed by atoms with Gasteiger partial charge in [-0.05, 0) is 56.1 Å². The molecule has 16 heavy (non-hydrogen) atoms. The summed E-state index contributed by atoms with van der Waals surface area (Å²) in [6.45, 7) is 0. The first-order valence-corrected chi connectivity index (χ1v) is 6.69. The molecule has 1 aromatic carbocycles. The highest BCUT2D eigenvalue weighted by atomic mass is 79.9. The van der Waals surface area contributed by atoms with E-state index in [2.05, 4.69) is 47.8 Å². The summed E-state index contributed by atoms with van der Waals surface area (Å²) in [5, 5.41) is 0. The van der Waals surface area contributed by atoms with Crippen LogP contribution in [0.5, 0.6) is 0 Å². The van der Waals surface area contributed by atoms with Crippen LogP contribution in [0, 0.1) is 0 Å². The minimum Gasteiger partial charge on any atom is -0.453 e. The quantitative estimate of drug-likeness (QED) is 0.651. The van der Waals surface area contributed by atoms with E-state index in [9.17, 15) is 4.79 Å². The summed E-state index contributed by atoms with van der Waals surface area (Å²) in [5.74, 6) is 0.963.